The van der Waals surface area contributed by atoms with Crippen molar-refractivity contribution in [3.63, 3.8) is 0 Å². The summed E-state index contributed by atoms with van der Waals surface area (Å²) in [7, 11) is 0. The minimum absolute atomic E-state index is 0.00274. The predicted molar refractivity (Wildman–Crippen MR) is 84.2 cm³/mol. The van der Waals surface area contributed by atoms with Crippen molar-refractivity contribution in [3.05, 3.63) is 0 Å². The molecular formula is C17H22F11NO. The number of hydrogen-bond donors (Lipinski definition) is 0. The summed E-state index contributed by atoms with van der Waals surface area (Å²) in [5.74, 6) is -39.2. The first-order chi connectivity index (χ1) is 13.4. The van der Waals surface area contributed by atoms with E-state index < -0.39 is 54.3 Å². The van der Waals surface area contributed by atoms with Crippen LogP contribution in [0.5, 0.6) is 0 Å². The molecule has 178 valence electrons. The lowest BCUT2D eigenvalue weighted by molar-refractivity contribution is -0.477. The SMILES string of the molecule is CCCCCN(CCCCC)C(=O)C1(F)C(F)(F)C(F)(F)C(F)(F)C(F)(F)C1(F)F. The molecule has 0 atom stereocenters. The van der Waals surface area contributed by atoms with Gasteiger partial charge in [-0.15, -0.1) is 0 Å². The fourth-order valence-electron chi connectivity index (χ4n) is 3.13. The van der Waals surface area contributed by atoms with Gasteiger partial charge in [0.2, 0.25) is 0 Å². The summed E-state index contributed by atoms with van der Waals surface area (Å²) in [6.45, 7) is 1.93. The van der Waals surface area contributed by atoms with Gasteiger partial charge in [0, 0.05) is 13.1 Å². The Hall–Kier alpha value is -1.30. The van der Waals surface area contributed by atoms with Crippen molar-refractivity contribution in [1.29, 1.82) is 0 Å². The van der Waals surface area contributed by atoms with Crippen LogP contribution in [-0.4, -0.2) is 59.2 Å². The monoisotopic (exact) mass is 465 g/mol. The second kappa shape index (κ2) is 8.33. The highest BCUT2D eigenvalue weighted by Crippen LogP contribution is 2.69. The van der Waals surface area contributed by atoms with Gasteiger partial charge in [0.1, 0.15) is 0 Å². The van der Waals surface area contributed by atoms with E-state index in [1.807, 2.05) is 0 Å². The molecule has 0 aliphatic heterocycles. The molecule has 1 rings (SSSR count). The summed E-state index contributed by atoms with van der Waals surface area (Å²) in [6.07, 6.45) is 1.37. The minimum atomic E-state index is -7.32. The number of carbonyl (C=O) groups is 1. The van der Waals surface area contributed by atoms with Crippen LogP contribution in [0.4, 0.5) is 48.3 Å². The summed E-state index contributed by atoms with van der Waals surface area (Å²) in [4.78, 5) is 12.3. The van der Waals surface area contributed by atoms with Crippen molar-refractivity contribution >= 4 is 5.91 Å². The molecule has 1 aliphatic rings. The zero-order valence-corrected chi connectivity index (χ0v) is 16.2. The average molecular weight is 465 g/mol. The van der Waals surface area contributed by atoms with Crippen molar-refractivity contribution in [1.82, 2.24) is 4.90 Å². The van der Waals surface area contributed by atoms with Gasteiger partial charge in [0.25, 0.3) is 5.91 Å². The van der Waals surface area contributed by atoms with Crippen molar-refractivity contribution in [2.45, 2.75) is 87.7 Å². The third kappa shape index (κ3) is 3.34. The van der Waals surface area contributed by atoms with E-state index >= 15 is 0 Å². The number of unbranched alkanes of at least 4 members (excludes halogenated alkanes) is 4. The standard InChI is InChI=1S/C17H22F11NO/c1-3-5-7-9-29(10-8-6-4-2)11(30)12(18)13(19,20)15(23,24)17(27,28)16(25,26)14(12,21)22/h3-10H2,1-2H3. The van der Waals surface area contributed by atoms with Gasteiger partial charge >= 0.3 is 35.3 Å². The van der Waals surface area contributed by atoms with Crippen LogP contribution in [0.3, 0.4) is 0 Å². The van der Waals surface area contributed by atoms with Crippen LogP contribution in [0.2, 0.25) is 0 Å². The average Bonchev–Trinajstić information content (AvgIpc) is 2.64. The Bertz CT molecular complexity index is 581. The molecule has 1 saturated carbocycles. The molecule has 1 aliphatic carbocycles. The van der Waals surface area contributed by atoms with Gasteiger partial charge < -0.3 is 4.90 Å². The van der Waals surface area contributed by atoms with Gasteiger partial charge in [0.15, 0.2) is 0 Å². The predicted octanol–water partition coefficient (Wildman–Crippen LogP) is 6.09. The first-order valence-electron chi connectivity index (χ1n) is 9.30. The van der Waals surface area contributed by atoms with E-state index in [1.165, 1.54) is 0 Å². The van der Waals surface area contributed by atoms with E-state index in [0.29, 0.717) is 12.8 Å². The molecular weight excluding hydrogens is 443 g/mol. The van der Waals surface area contributed by atoms with E-state index in [1.54, 1.807) is 13.8 Å². The topological polar surface area (TPSA) is 20.3 Å². The first kappa shape index (κ1) is 26.7. The summed E-state index contributed by atoms with van der Waals surface area (Å²) >= 11 is 0. The Morgan fingerprint density at radius 2 is 0.867 bits per heavy atom. The Morgan fingerprint density at radius 1 is 0.567 bits per heavy atom. The molecule has 2 nitrogen and oxygen atoms in total. The maximum Gasteiger partial charge on any atom is 0.384 e. The van der Waals surface area contributed by atoms with E-state index in [9.17, 15) is 53.1 Å². The summed E-state index contributed by atoms with van der Waals surface area (Å²) < 4.78 is 152. The normalized spacial score (nSPS) is 25.0. The van der Waals surface area contributed by atoms with E-state index in [2.05, 4.69) is 0 Å². The fraction of sp³-hybridized carbons (Fsp3) is 0.941. The molecule has 0 heterocycles. The molecule has 0 aromatic carbocycles. The van der Waals surface area contributed by atoms with E-state index in [4.69, 9.17) is 0 Å². The largest absolute Gasteiger partial charge is 0.384 e. The zero-order valence-electron chi connectivity index (χ0n) is 16.2. The van der Waals surface area contributed by atoms with E-state index in [0.717, 1.165) is 0 Å². The summed E-state index contributed by atoms with van der Waals surface area (Å²) in [6, 6.07) is 0. The van der Waals surface area contributed by atoms with Crippen molar-refractivity contribution < 1.29 is 53.1 Å². The quantitative estimate of drug-likeness (QED) is 0.298. The third-order valence-corrected chi connectivity index (χ3v) is 5.09. The summed E-state index contributed by atoms with van der Waals surface area (Å²) in [5.41, 5.74) is -6.59. The van der Waals surface area contributed by atoms with Gasteiger partial charge in [0.05, 0.1) is 0 Å². The van der Waals surface area contributed by atoms with Crippen LogP contribution >= 0.6 is 0 Å². The van der Waals surface area contributed by atoms with Crippen molar-refractivity contribution in [2.75, 3.05) is 13.1 Å². The number of hydrogen-bond acceptors (Lipinski definition) is 1. The Kier molecular flexibility index (Phi) is 7.42. The number of carbonyl (C=O) groups excluding carboxylic acids is 1. The molecule has 30 heavy (non-hydrogen) atoms. The summed E-state index contributed by atoms with van der Waals surface area (Å²) in [5, 5.41) is 0. The molecule has 1 amide bonds. The van der Waals surface area contributed by atoms with Gasteiger partial charge in [-0.3, -0.25) is 4.79 Å². The van der Waals surface area contributed by atoms with E-state index in [-0.39, 0.29) is 30.6 Å². The second-order valence-corrected chi connectivity index (χ2v) is 7.24. The number of nitrogens with zero attached hydrogens (tertiary/aromatic N) is 1. The minimum Gasteiger partial charge on any atom is -0.339 e. The number of halogens is 11. The Labute approximate surface area is 165 Å². The molecule has 0 radical (unpaired) electrons. The Balaban J connectivity index is 3.58. The fourth-order valence-corrected chi connectivity index (χ4v) is 3.13. The zero-order chi connectivity index (χ0) is 23.8. The first-order valence-corrected chi connectivity index (χ1v) is 9.30. The number of alkyl halides is 11. The van der Waals surface area contributed by atoms with Gasteiger partial charge in [-0.25, -0.2) is 4.39 Å². The van der Waals surface area contributed by atoms with Crippen LogP contribution < -0.4 is 0 Å². The van der Waals surface area contributed by atoms with Gasteiger partial charge in [-0.1, -0.05) is 39.5 Å². The number of rotatable bonds is 9. The molecule has 0 bridgehead atoms. The Morgan fingerprint density at radius 3 is 1.17 bits per heavy atom. The van der Waals surface area contributed by atoms with Crippen LogP contribution in [0.25, 0.3) is 0 Å². The molecule has 0 unspecified atom stereocenters. The van der Waals surface area contributed by atoms with Crippen molar-refractivity contribution in [3.8, 4) is 0 Å². The van der Waals surface area contributed by atoms with Gasteiger partial charge in [-0.05, 0) is 12.8 Å². The molecule has 0 saturated heterocycles. The van der Waals surface area contributed by atoms with Crippen LogP contribution in [0.1, 0.15) is 52.4 Å². The second-order valence-electron chi connectivity index (χ2n) is 7.24. The maximum absolute atomic E-state index is 14.9. The highest BCUT2D eigenvalue weighted by atomic mass is 19.4. The molecule has 0 aromatic heterocycles. The molecule has 1 fully saturated rings. The van der Waals surface area contributed by atoms with Crippen LogP contribution in [-0.2, 0) is 4.79 Å². The lowest BCUT2D eigenvalue weighted by Gasteiger charge is -2.52. The molecule has 13 heteroatoms. The smallest absolute Gasteiger partial charge is 0.339 e. The lowest BCUT2D eigenvalue weighted by atomic mass is 9.71. The maximum atomic E-state index is 14.9. The number of amides is 1. The van der Waals surface area contributed by atoms with Crippen LogP contribution in [0.15, 0.2) is 0 Å². The van der Waals surface area contributed by atoms with Crippen molar-refractivity contribution in [2.24, 2.45) is 0 Å². The lowest BCUT2D eigenvalue weighted by Crippen LogP contribution is -2.86. The molecule has 0 spiro atoms. The third-order valence-electron chi connectivity index (χ3n) is 5.09. The van der Waals surface area contributed by atoms with Crippen LogP contribution in [0, 0.1) is 0 Å². The highest BCUT2D eigenvalue weighted by Gasteiger charge is 3.03. The molecule has 0 N–H and O–H groups in total. The molecule has 0 aromatic rings. The van der Waals surface area contributed by atoms with Gasteiger partial charge in [-0.2, -0.15) is 43.9 Å². The highest BCUT2D eigenvalue weighted by molar-refractivity contribution is 5.89.